The molecule has 0 saturated heterocycles. The number of aryl methyl sites for hydroxylation is 1. The van der Waals surface area contributed by atoms with Crippen LogP contribution in [0.5, 0.6) is 0 Å². The molecule has 2 N–H and O–H groups in total. The normalized spacial score (nSPS) is 10.5. The maximum Gasteiger partial charge on any atom is 0.338 e. The fourth-order valence-electron chi connectivity index (χ4n) is 1.92. The van der Waals surface area contributed by atoms with Crippen LogP contribution < -0.4 is 10.6 Å². The van der Waals surface area contributed by atoms with E-state index in [4.69, 9.17) is 21.4 Å². The number of hydrogen-bond donors (Lipinski definition) is 2. The molecular formula is C18H18N2O4S. The molecule has 0 aliphatic carbocycles. The van der Waals surface area contributed by atoms with Gasteiger partial charge in [-0.25, -0.2) is 4.79 Å². The van der Waals surface area contributed by atoms with Gasteiger partial charge in [-0.2, -0.15) is 0 Å². The van der Waals surface area contributed by atoms with Crippen LogP contribution in [0.25, 0.3) is 6.08 Å². The third-order valence-corrected chi connectivity index (χ3v) is 3.25. The van der Waals surface area contributed by atoms with Gasteiger partial charge in [0.2, 0.25) is 5.91 Å². The third-order valence-electron chi connectivity index (χ3n) is 3.05. The van der Waals surface area contributed by atoms with Gasteiger partial charge < -0.3 is 14.5 Å². The number of amides is 1. The van der Waals surface area contributed by atoms with E-state index >= 15 is 0 Å². The predicted octanol–water partition coefficient (Wildman–Crippen LogP) is 3.29. The van der Waals surface area contributed by atoms with E-state index in [-0.39, 0.29) is 17.0 Å². The van der Waals surface area contributed by atoms with Crippen LogP contribution in [0.1, 0.15) is 28.8 Å². The fraction of sp³-hybridized carbons (Fsp3) is 0.167. The standard InChI is InChI=1S/C18H18N2O4S/c1-3-23-17(22)13-5-7-14(8-6-13)19-18(25)20-16(21)11-10-15-9-4-12(2)24-15/h4-11H,3H2,1-2H3,(H2,19,20,21,25). The maximum absolute atomic E-state index is 11.8. The molecule has 7 heteroatoms. The molecule has 0 bridgehead atoms. The van der Waals surface area contributed by atoms with E-state index < -0.39 is 0 Å². The maximum atomic E-state index is 11.8. The summed E-state index contributed by atoms with van der Waals surface area (Å²) in [5, 5.41) is 5.54. The first kappa shape index (κ1) is 18.4. The van der Waals surface area contributed by atoms with Crippen LogP contribution in [0.2, 0.25) is 0 Å². The van der Waals surface area contributed by atoms with Crippen molar-refractivity contribution in [3.8, 4) is 0 Å². The van der Waals surface area contributed by atoms with Crippen LogP contribution in [-0.2, 0) is 9.53 Å². The Labute approximate surface area is 150 Å². The van der Waals surface area contributed by atoms with Gasteiger partial charge in [0, 0.05) is 11.8 Å². The van der Waals surface area contributed by atoms with Gasteiger partial charge >= 0.3 is 5.97 Å². The van der Waals surface area contributed by atoms with Crippen molar-refractivity contribution in [3.63, 3.8) is 0 Å². The number of ether oxygens (including phenoxy) is 1. The van der Waals surface area contributed by atoms with Crippen molar-refractivity contribution in [1.29, 1.82) is 0 Å². The molecule has 0 unspecified atom stereocenters. The molecule has 1 aromatic carbocycles. The largest absolute Gasteiger partial charge is 0.462 e. The average molecular weight is 358 g/mol. The number of thiocarbonyl (C=S) groups is 1. The van der Waals surface area contributed by atoms with E-state index in [0.29, 0.717) is 23.6 Å². The Kier molecular flexibility index (Phi) is 6.47. The van der Waals surface area contributed by atoms with Crippen LogP contribution in [0.15, 0.2) is 46.9 Å². The van der Waals surface area contributed by atoms with Crippen LogP contribution >= 0.6 is 12.2 Å². The molecule has 0 saturated carbocycles. The highest BCUT2D eigenvalue weighted by Crippen LogP contribution is 2.11. The van der Waals surface area contributed by atoms with Crippen molar-refractivity contribution in [3.05, 3.63) is 59.6 Å². The van der Waals surface area contributed by atoms with Crippen molar-refractivity contribution in [2.24, 2.45) is 0 Å². The third kappa shape index (κ3) is 5.89. The highest BCUT2D eigenvalue weighted by atomic mass is 32.1. The van der Waals surface area contributed by atoms with E-state index in [2.05, 4.69) is 10.6 Å². The topological polar surface area (TPSA) is 80.6 Å². The van der Waals surface area contributed by atoms with Crippen molar-refractivity contribution >= 4 is 41.0 Å². The Hall–Kier alpha value is -2.93. The summed E-state index contributed by atoms with van der Waals surface area (Å²) in [5.41, 5.74) is 1.09. The lowest BCUT2D eigenvalue weighted by molar-refractivity contribution is -0.115. The molecule has 2 rings (SSSR count). The van der Waals surface area contributed by atoms with Gasteiger partial charge in [0.15, 0.2) is 5.11 Å². The monoisotopic (exact) mass is 358 g/mol. The number of carbonyl (C=O) groups is 2. The van der Waals surface area contributed by atoms with Crippen LogP contribution in [0, 0.1) is 6.92 Å². The van der Waals surface area contributed by atoms with Gasteiger partial charge in [0.05, 0.1) is 12.2 Å². The number of rotatable bonds is 5. The summed E-state index contributed by atoms with van der Waals surface area (Å²) < 4.78 is 10.2. The van der Waals surface area contributed by atoms with Gasteiger partial charge in [0.1, 0.15) is 11.5 Å². The summed E-state index contributed by atoms with van der Waals surface area (Å²) in [7, 11) is 0. The second-order valence-corrected chi connectivity index (χ2v) is 5.43. The summed E-state index contributed by atoms with van der Waals surface area (Å²) in [6, 6.07) is 10.1. The first-order valence-electron chi connectivity index (χ1n) is 7.61. The molecule has 25 heavy (non-hydrogen) atoms. The van der Waals surface area contributed by atoms with Gasteiger partial charge in [0.25, 0.3) is 0 Å². The highest BCUT2D eigenvalue weighted by Gasteiger charge is 2.07. The second-order valence-electron chi connectivity index (χ2n) is 5.02. The zero-order valence-corrected chi connectivity index (χ0v) is 14.7. The summed E-state index contributed by atoms with van der Waals surface area (Å²) in [5.74, 6) is 0.586. The zero-order valence-electron chi connectivity index (χ0n) is 13.9. The van der Waals surface area contributed by atoms with Crippen molar-refractivity contribution < 1.29 is 18.7 Å². The van der Waals surface area contributed by atoms with Crippen molar-refractivity contribution in [2.45, 2.75) is 13.8 Å². The molecule has 1 aromatic heterocycles. The lowest BCUT2D eigenvalue weighted by Gasteiger charge is -2.08. The highest BCUT2D eigenvalue weighted by molar-refractivity contribution is 7.80. The molecule has 0 atom stereocenters. The van der Waals surface area contributed by atoms with Gasteiger partial charge in [-0.1, -0.05) is 0 Å². The van der Waals surface area contributed by atoms with Crippen LogP contribution in [0.4, 0.5) is 5.69 Å². The Morgan fingerprint density at radius 1 is 1.20 bits per heavy atom. The Morgan fingerprint density at radius 3 is 2.52 bits per heavy atom. The predicted molar refractivity (Wildman–Crippen MR) is 99.2 cm³/mol. The quantitative estimate of drug-likeness (QED) is 0.485. The van der Waals surface area contributed by atoms with Gasteiger partial charge in [-0.05, 0) is 68.5 Å². The molecule has 0 aliphatic rings. The summed E-state index contributed by atoms with van der Waals surface area (Å²) >= 11 is 5.08. The molecule has 130 valence electrons. The molecule has 2 aromatic rings. The van der Waals surface area contributed by atoms with Gasteiger partial charge in [-0.3, -0.25) is 10.1 Å². The Morgan fingerprint density at radius 2 is 1.92 bits per heavy atom. The second kappa shape index (κ2) is 8.79. The number of carbonyl (C=O) groups excluding carboxylic acids is 2. The minimum Gasteiger partial charge on any atom is -0.462 e. The zero-order chi connectivity index (χ0) is 18.2. The Bertz CT molecular complexity index is 794. The fourth-order valence-corrected chi connectivity index (χ4v) is 2.14. The molecular weight excluding hydrogens is 340 g/mol. The summed E-state index contributed by atoms with van der Waals surface area (Å²) in [6.07, 6.45) is 2.88. The first-order chi connectivity index (χ1) is 12.0. The molecule has 0 fully saturated rings. The average Bonchev–Trinajstić information content (AvgIpc) is 2.99. The van der Waals surface area contributed by atoms with Crippen LogP contribution in [0.3, 0.4) is 0 Å². The number of nitrogens with one attached hydrogen (secondary N) is 2. The molecule has 0 aliphatic heterocycles. The van der Waals surface area contributed by atoms with Gasteiger partial charge in [-0.15, -0.1) is 0 Å². The molecule has 1 amide bonds. The molecule has 1 heterocycles. The number of anilines is 1. The minimum absolute atomic E-state index is 0.147. The van der Waals surface area contributed by atoms with Crippen molar-refractivity contribution in [2.75, 3.05) is 11.9 Å². The summed E-state index contributed by atoms with van der Waals surface area (Å²) in [4.78, 5) is 23.4. The number of furan rings is 1. The molecule has 0 spiro atoms. The van der Waals surface area contributed by atoms with E-state index in [1.807, 2.05) is 13.0 Å². The number of hydrogen-bond acceptors (Lipinski definition) is 5. The van der Waals surface area contributed by atoms with E-state index in [9.17, 15) is 9.59 Å². The summed E-state index contributed by atoms with van der Waals surface area (Å²) in [6.45, 7) is 3.89. The number of benzene rings is 1. The smallest absolute Gasteiger partial charge is 0.338 e. The molecule has 6 nitrogen and oxygen atoms in total. The number of esters is 1. The van der Waals surface area contributed by atoms with Crippen LogP contribution in [-0.4, -0.2) is 23.6 Å². The lowest BCUT2D eigenvalue weighted by Crippen LogP contribution is -2.32. The minimum atomic E-state index is -0.386. The van der Waals surface area contributed by atoms with E-state index in [1.165, 1.54) is 6.08 Å². The molecule has 0 radical (unpaired) electrons. The Balaban J connectivity index is 1.86. The van der Waals surface area contributed by atoms with E-state index in [0.717, 1.165) is 5.76 Å². The lowest BCUT2D eigenvalue weighted by atomic mass is 10.2. The SMILES string of the molecule is CCOC(=O)c1ccc(NC(=S)NC(=O)C=Cc2ccc(C)o2)cc1. The van der Waals surface area contributed by atoms with E-state index in [1.54, 1.807) is 43.3 Å². The van der Waals surface area contributed by atoms with Crippen molar-refractivity contribution in [1.82, 2.24) is 5.32 Å². The first-order valence-corrected chi connectivity index (χ1v) is 8.02.